The van der Waals surface area contributed by atoms with Crippen molar-refractivity contribution in [2.24, 2.45) is 13.0 Å². The molecule has 0 aliphatic rings. The molecule has 2 aromatic rings. The zero-order chi connectivity index (χ0) is 16.8. The molecule has 1 N–H and O–H groups in total. The van der Waals surface area contributed by atoms with Crippen LogP contribution in [-0.2, 0) is 11.8 Å². The van der Waals surface area contributed by atoms with Crippen LogP contribution in [0.25, 0.3) is 6.08 Å². The van der Waals surface area contributed by atoms with Gasteiger partial charge in [-0.15, -0.1) is 0 Å². The van der Waals surface area contributed by atoms with Gasteiger partial charge in [0.2, 0.25) is 5.91 Å². The number of benzene rings is 1. The first-order chi connectivity index (χ1) is 10.9. The number of aromatic nitrogens is 2. The summed E-state index contributed by atoms with van der Waals surface area (Å²) < 4.78 is 7.27. The quantitative estimate of drug-likeness (QED) is 0.819. The second kappa shape index (κ2) is 7.83. The molecule has 0 atom stereocenters. The Kier molecular flexibility index (Phi) is 5.82. The molecule has 1 heterocycles. The van der Waals surface area contributed by atoms with Crippen molar-refractivity contribution in [2.75, 3.05) is 11.9 Å². The minimum Gasteiger partial charge on any atom is -0.492 e. The van der Waals surface area contributed by atoms with E-state index in [0.717, 1.165) is 5.56 Å². The van der Waals surface area contributed by atoms with E-state index in [0.29, 0.717) is 29.0 Å². The van der Waals surface area contributed by atoms with Crippen molar-refractivity contribution in [1.29, 1.82) is 0 Å². The largest absolute Gasteiger partial charge is 0.492 e. The summed E-state index contributed by atoms with van der Waals surface area (Å²) in [5, 5.41) is 7.26. The standard InChI is InChI=1S/C17H20ClN3O2/c1-12(2)11-23-16-6-5-14(8-15(16)18)20-17(22)7-4-13-9-19-21(3)10-13/h4-10,12H,11H2,1-3H3,(H,20,22). The fourth-order valence-corrected chi connectivity index (χ4v) is 2.07. The highest BCUT2D eigenvalue weighted by atomic mass is 35.5. The van der Waals surface area contributed by atoms with Crippen LogP contribution in [0.5, 0.6) is 5.75 Å². The summed E-state index contributed by atoms with van der Waals surface area (Å²) in [6.45, 7) is 4.73. The van der Waals surface area contributed by atoms with Crippen LogP contribution in [0.1, 0.15) is 19.4 Å². The number of amides is 1. The van der Waals surface area contributed by atoms with Gasteiger partial charge in [0.15, 0.2) is 0 Å². The normalized spacial score (nSPS) is 11.2. The predicted molar refractivity (Wildman–Crippen MR) is 92.7 cm³/mol. The van der Waals surface area contributed by atoms with Crippen LogP contribution in [0.3, 0.4) is 0 Å². The van der Waals surface area contributed by atoms with Gasteiger partial charge in [0.1, 0.15) is 5.75 Å². The van der Waals surface area contributed by atoms with Crippen LogP contribution >= 0.6 is 11.6 Å². The minimum atomic E-state index is -0.235. The molecule has 0 radical (unpaired) electrons. The Labute approximate surface area is 140 Å². The Morgan fingerprint density at radius 2 is 2.26 bits per heavy atom. The fraction of sp³-hybridized carbons (Fsp3) is 0.294. The second-order valence-electron chi connectivity index (χ2n) is 5.62. The Balaban J connectivity index is 1.95. The number of hydrogen-bond acceptors (Lipinski definition) is 3. The first-order valence-corrected chi connectivity index (χ1v) is 7.72. The number of nitrogens with zero attached hydrogens (tertiary/aromatic N) is 2. The lowest BCUT2D eigenvalue weighted by Crippen LogP contribution is -2.08. The van der Waals surface area contributed by atoms with Crippen molar-refractivity contribution in [2.45, 2.75) is 13.8 Å². The van der Waals surface area contributed by atoms with Gasteiger partial charge >= 0.3 is 0 Å². The maximum atomic E-state index is 11.9. The van der Waals surface area contributed by atoms with E-state index in [1.807, 2.05) is 13.2 Å². The van der Waals surface area contributed by atoms with E-state index < -0.39 is 0 Å². The van der Waals surface area contributed by atoms with Gasteiger partial charge in [-0.25, -0.2) is 0 Å². The van der Waals surface area contributed by atoms with Crippen LogP contribution < -0.4 is 10.1 Å². The topological polar surface area (TPSA) is 56.1 Å². The molecule has 5 nitrogen and oxygen atoms in total. The summed E-state index contributed by atoms with van der Waals surface area (Å²) in [7, 11) is 1.82. The van der Waals surface area contributed by atoms with Crippen molar-refractivity contribution in [3.63, 3.8) is 0 Å². The molecule has 0 saturated heterocycles. The van der Waals surface area contributed by atoms with Crippen LogP contribution in [0.2, 0.25) is 5.02 Å². The van der Waals surface area contributed by atoms with Crippen LogP contribution in [0.15, 0.2) is 36.7 Å². The number of rotatable bonds is 6. The summed E-state index contributed by atoms with van der Waals surface area (Å²) in [5.41, 5.74) is 1.48. The van der Waals surface area contributed by atoms with E-state index in [-0.39, 0.29) is 5.91 Å². The molecule has 0 fully saturated rings. The van der Waals surface area contributed by atoms with E-state index in [4.69, 9.17) is 16.3 Å². The molecular formula is C17H20ClN3O2. The monoisotopic (exact) mass is 333 g/mol. The summed E-state index contributed by atoms with van der Waals surface area (Å²) in [6.07, 6.45) is 6.65. The molecule has 23 heavy (non-hydrogen) atoms. The average Bonchev–Trinajstić information content (AvgIpc) is 2.90. The van der Waals surface area contributed by atoms with Gasteiger partial charge in [0, 0.05) is 30.6 Å². The maximum Gasteiger partial charge on any atom is 0.248 e. The van der Waals surface area contributed by atoms with E-state index in [1.165, 1.54) is 6.08 Å². The number of carbonyl (C=O) groups excluding carboxylic acids is 1. The van der Waals surface area contributed by atoms with Crippen molar-refractivity contribution in [1.82, 2.24) is 9.78 Å². The van der Waals surface area contributed by atoms with Gasteiger partial charge in [-0.1, -0.05) is 25.4 Å². The maximum absolute atomic E-state index is 11.9. The zero-order valence-electron chi connectivity index (χ0n) is 13.4. The predicted octanol–water partition coefficient (Wildman–Crippen LogP) is 3.76. The van der Waals surface area contributed by atoms with Gasteiger partial charge in [-0.2, -0.15) is 5.10 Å². The van der Waals surface area contributed by atoms with Gasteiger partial charge in [-0.3, -0.25) is 9.48 Å². The molecule has 1 aromatic carbocycles. The molecule has 1 amide bonds. The number of ether oxygens (including phenoxy) is 1. The van der Waals surface area contributed by atoms with Crippen LogP contribution in [0, 0.1) is 5.92 Å². The number of anilines is 1. The van der Waals surface area contributed by atoms with Gasteiger partial charge in [-0.05, 0) is 30.2 Å². The zero-order valence-corrected chi connectivity index (χ0v) is 14.2. The molecule has 2 rings (SSSR count). The number of carbonyl (C=O) groups is 1. The first-order valence-electron chi connectivity index (χ1n) is 7.34. The third kappa shape index (κ3) is 5.45. The molecule has 0 bridgehead atoms. The highest BCUT2D eigenvalue weighted by molar-refractivity contribution is 6.32. The third-order valence-corrected chi connectivity index (χ3v) is 3.22. The Hall–Kier alpha value is -2.27. The van der Waals surface area contributed by atoms with Crippen molar-refractivity contribution in [3.05, 3.63) is 47.3 Å². The molecule has 1 aromatic heterocycles. The lowest BCUT2D eigenvalue weighted by Gasteiger charge is -2.11. The Bertz CT molecular complexity index is 708. The first kappa shape index (κ1) is 17.1. The van der Waals surface area contributed by atoms with Gasteiger partial charge < -0.3 is 10.1 Å². The summed E-state index contributed by atoms with van der Waals surface area (Å²) in [6, 6.07) is 5.19. The second-order valence-corrected chi connectivity index (χ2v) is 6.03. The highest BCUT2D eigenvalue weighted by Gasteiger charge is 2.06. The van der Waals surface area contributed by atoms with Crippen molar-refractivity contribution in [3.8, 4) is 5.75 Å². The summed E-state index contributed by atoms with van der Waals surface area (Å²) >= 11 is 6.17. The number of aryl methyl sites for hydroxylation is 1. The third-order valence-electron chi connectivity index (χ3n) is 2.92. The fourth-order valence-electron chi connectivity index (χ4n) is 1.83. The lowest BCUT2D eigenvalue weighted by molar-refractivity contribution is -0.111. The molecule has 0 unspecified atom stereocenters. The molecular weight excluding hydrogens is 314 g/mol. The molecule has 122 valence electrons. The number of halogens is 1. The van der Waals surface area contributed by atoms with E-state index in [1.54, 1.807) is 35.2 Å². The molecule has 6 heteroatoms. The van der Waals surface area contributed by atoms with E-state index in [9.17, 15) is 4.79 Å². The summed E-state index contributed by atoms with van der Waals surface area (Å²) in [5.74, 6) is 0.799. The Morgan fingerprint density at radius 3 is 2.87 bits per heavy atom. The molecule has 0 aliphatic carbocycles. The number of hydrogen-bond donors (Lipinski definition) is 1. The highest BCUT2D eigenvalue weighted by Crippen LogP contribution is 2.28. The van der Waals surface area contributed by atoms with Crippen molar-refractivity contribution < 1.29 is 9.53 Å². The molecule has 0 saturated carbocycles. The molecule has 0 aliphatic heterocycles. The smallest absolute Gasteiger partial charge is 0.248 e. The van der Waals surface area contributed by atoms with E-state index in [2.05, 4.69) is 24.3 Å². The number of nitrogens with one attached hydrogen (secondary N) is 1. The van der Waals surface area contributed by atoms with Gasteiger partial charge in [0.05, 0.1) is 17.8 Å². The van der Waals surface area contributed by atoms with Crippen LogP contribution in [-0.4, -0.2) is 22.3 Å². The SMILES string of the molecule is CC(C)COc1ccc(NC(=O)C=Cc2cnn(C)c2)cc1Cl. The summed E-state index contributed by atoms with van der Waals surface area (Å²) in [4.78, 5) is 11.9. The van der Waals surface area contributed by atoms with Gasteiger partial charge in [0.25, 0.3) is 0 Å². The van der Waals surface area contributed by atoms with Crippen LogP contribution in [0.4, 0.5) is 5.69 Å². The Morgan fingerprint density at radius 1 is 1.48 bits per heavy atom. The van der Waals surface area contributed by atoms with Crippen molar-refractivity contribution >= 4 is 29.3 Å². The minimum absolute atomic E-state index is 0.235. The molecule has 0 spiro atoms. The lowest BCUT2D eigenvalue weighted by atomic mass is 10.2. The average molecular weight is 334 g/mol. The van der Waals surface area contributed by atoms with E-state index >= 15 is 0 Å².